The first-order chi connectivity index (χ1) is 22.1. The topological polar surface area (TPSA) is 115 Å². The van der Waals surface area contributed by atoms with Gasteiger partial charge in [0, 0.05) is 67.5 Å². The van der Waals surface area contributed by atoms with Gasteiger partial charge >= 0.3 is 0 Å². The molecule has 1 aromatic heterocycles. The summed E-state index contributed by atoms with van der Waals surface area (Å²) in [6.07, 6.45) is 4.86. The SMILES string of the molecule is CC(=O)Nc1ccc(S(=O)(=O)N2CCN(c3ccc(OC[C@@H]4CO[C@@](Cn5ccnc5)(c5ccc(Cl)cc5Cl)O4)cc3)CC2)cc1. The highest BCUT2D eigenvalue weighted by Crippen LogP contribution is 2.40. The molecule has 2 aliphatic rings. The molecule has 2 saturated heterocycles. The van der Waals surface area contributed by atoms with Crippen molar-refractivity contribution >= 4 is 50.5 Å². The van der Waals surface area contributed by atoms with Crippen LogP contribution in [0.15, 0.2) is 90.3 Å². The van der Waals surface area contributed by atoms with Crippen LogP contribution >= 0.6 is 23.2 Å². The average molecular weight is 687 g/mol. The van der Waals surface area contributed by atoms with E-state index in [1.165, 1.54) is 23.4 Å². The molecular weight excluding hydrogens is 653 g/mol. The van der Waals surface area contributed by atoms with Crippen LogP contribution in [0.5, 0.6) is 5.75 Å². The van der Waals surface area contributed by atoms with Crippen molar-refractivity contribution in [1.29, 1.82) is 0 Å². The fraction of sp³-hybridized carbons (Fsp3) is 0.312. The number of sulfonamides is 1. The van der Waals surface area contributed by atoms with E-state index in [4.69, 9.17) is 37.4 Å². The van der Waals surface area contributed by atoms with Crippen LogP contribution in [0.2, 0.25) is 10.0 Å². The second-order valence-electron chi connectivity index (χ2n) is 11.1. The second kappa shape index (κ2) is 13.6. The van der Waals surface area contributed by atoms with Crippen molar-refractivity contribution in [3.8, 4) is 5.75 Å². The quantitative estimate of drug-likeness (QED) is 0.248. The van der Waals surface area contributed by atoms with Gasteiger partial charge in [0.05, 0.1) is 29.4 Å². The first-order valence-corrected chi connectivity index (χ1v) is 16.9. The van der Waals surface area contributed by atoms with Gasteiger partial charge in [-0.2, -0.15) is 4.31 Å². The van der Waals surface area contributed by atoms with Crippen molar-refractivity contribution in [1.82, 2.24) is 13.9 Å². The number of carbonyl (C=O) groups excluding carboxylic acids is 1. The average Bonchev–Trinajstić information content (AvgIpc) is 3.71. The van der Waals surface area contributed by atoms with Crippen LogP contribution < -0.4 is 15.0 Å². The molecule has 3 aromatic carbocycles. The maximum atomic E-state index is 13.2. The summed E-state index contributed by atoms with van der Waals surface area (Å²) in [5, 5.41) is 3.61. The van der Waals surface area contributed by atoms with Crippen LogP contribution in [0.25, 0.3) is 0 Å². The maximum Gasteiger partial charge on any atom is 0.243 e. The lowest BCUT2D eigenvalue weighted by atomic mass is 10.1. The summed E-state index contributed by atoms with van der Waals surface area (Å²) >= 11 is 12.7. The van der Waals surface area contributed by atoms with Crippen LogP contribution in [0.1, 0.15) is 12.5 Å². The highest BCUT2D eigenvalue weighted by Gasteiger charge is 2.45. The van der Waals surface area contributed by atoms with E-state index >= 15 is 0 Å². The van der Waals surface area contributed by atoms with Crippen LogP contribution in [0.3, 0.4) is 0 Å². The fourth-order valence-corrected chi connectivity index (χ4v) is 7.54. The molecule has 1 amide bonds. The predicted octanol–water partition coefficient (Wildman–Crippen LogP) is 5.01. The molecule has 2 aliphatic heterocycles. The molecule has 0 bridgehead atoms. The third kappa shape index (κ3) is 7.17. The Morgan fingerprint density at radius 3 is 2.43 bits per heavy atom. The Morgan fingerprint density at radius 1 is 1.04 bits per heavy atom. The Morgan fingerprint density at radius 2 is 1.78 bits per heavy atom. The number of ether oxygens (including phenoxy) is 3. The molecule has 0 unspecified atom stereocenters. The molecule has 242 valence electrons. The molecule has 11 nitrogen and oxygen atoms in total. The van der Waals surface area contributed by atoms with Gasteiger partial charge in [-0.05, 0) is 60.7 Å². The standard InChI is InChI=1S/C32H33Cl2N5O6S/c1-23(40)36-25-3-9-29(10-4-25)46(41,42)39-16-14-38(15-17-39)26-5-7-27(8-6-26)43-19-28-20-44-32(45-28,21-37-13-12-35-22-37)30-11-2-24(33)18-31(30)34/h2-13,18,22,28H,14-17,19-21H2,1H3,(H,36,40)/t28-,32-/m1/s1. The Balaban J connectivity index is 1.03. The Kier molecular flexibility index (Phi) is 9.55. The number of imidazole rings is 1. The zero-order valence-corrected chi connectivity index (χ0v) is 27.3. The van der Waals surface area contributed by atoms with E-state index in [2.05, 4.69) is 15.2 Å². The summed E-state index contributed by atoms with van der Waals surface area (Å²) in [5.74, 6) is -0.673. The molecule has 0 radical (unpaired) electrons. The van der Waals surface area contributed by atoms with E-state index in [0.717, 1.165) is 5.69 Å². The number of hydrogen-bond acceptors (Lipinski definition) is 8. The minimum atomic E-state index is -3.65. The van der Waals surface area contributed by atoms with Gasteiger partial charge in [-0.3, -0.25) is 4.79 Å². The zero-order chi connectivity index (χ0) is 32.3. The molecule has 2 fully saturated rings. The number of piperazine rings is 1. The van der Waals surface area contributed by atoms with Crippen LogP contribution in [0, 0.1) is 0 Å². The summed E-state index contributed by atoms with van der Waals surface area (Å²) in [5.41, 5.74) is 2.20. The number of anilines is 2. The van der Waals surface area contributed by atoms with E-state index < -0.39 is 15.8 Å². The minimum absolute atomic E-state index is 0.198. The van der Waals surface area contributed by atoms with Crippen molar-refractivity contribution in [2.24, 2.45) is 0 Å². The van der Waals surface area contributed by atoms with E-state index in [9.17, 15) is 13.2 Å². The molecule has 6 rings (SSSR count). The van der Waals surface area contributed by atoms with E-state index in [1.54, 1.807) is 36.8 Å². The molecule has 3 heterocycles. The van der Waals surface area contributed by atoms with Crippen molar-refractivity contribution in [2.75, 3.05) is 49.6 Å². The number of nitrogens with one attached hydrogen (secondary N) is 1. The first-order valence-electron chi connectivity index (χ1n) is 14.7. The van der Waals surface area contributed by atoms with Gasteiger partial charge in [0.1, 0.15) is 18.5 Å². The largest absolute Gasteiger partial charge is 0.491 e. The van der Waals surface area contributed by atoms with Gasteiger partial charge in [0.2, 0.25) is 21.7 Å². The number of hydrogen-bond donors (Lipinski definition) is 1. The number of rotatable bonds is 10. The molecule has 0 saturated carbocycles. The third-order valence-electron chi connectivity index (χ3n) is 7.84. The van der Waals surface area contributed by atoms with Gasteiger partial charge in [0.25, 0.3) is 0 Å². The number of amides is 1. The summed E-state index contributed by atoms with van der Waals surface area (Å²) in [7, 11) is -3.65. The lowest BCUT2D eigenvalue weighted by molar-refractivity contribution is -0.189. The lowest BCUT2D eigenvalue weighted by Crippen LogP contribution is -2.48. The smallest absolute Gasteiger partial charge is 0.243 e. The fourth-order valence-electron chi connectivity index (χ4n) is 5.57. The van der Waals surface area contributed by atoms with Gasteiger partial charge in [-0.15, -0.1) is 0 Å². The number of aromatic nitrogens is 2. The first kappa shape index (κ1) is 32.3. The molecule has 4 aromatic rings. The third-order valence-corrected chi connectivity index (χ3v) is 10.3. The highest BCUT2D eigenvalue weighted by atomic mass is 35.5. The molecule has 0 spiro atoms. The number of carbonyl (C=O) groups is 1. The monoisotopic (exact) mass is 685 g/mol. The van der Waals surface area contributed by atoms with Gasteiger partial charge in [-0.25, -0.2) is 13.4 Å². The van der Waals surface area contributed by atoms with E-state index in [-0.39, 0.29) is 23.5 Å². The molecule has 0 aliphatic carbocycles. The summed E-state index contributed by atoms with van der Waals surface area (Å²) < 4.78 is 48.5. The van der Waals surface area contributed by atoms with Crippen molar-refractivity contribution < 1.29 is 27.4 Å². The zero-order valence-electron chi connectivity index (χ0n) is 25.0. The molecule has 46 heavy (non-hydrogen) atoms. The predicted molar refractivity (Wildman–Crippen MR) is 175 cm³/mol. The van der Waals surface area contributed by atoms with Crippen molar-refractivity contribution in [3.63, 3.8) is 0 Å². The van der Waals surface area contributed by atoms with Crippen molar-refractivity contribution in [2.45, 2.75) is 30.3 Å². The van der Waals surface area contributed by atoms with Crippen LogP contribution in [-0.4, -0.2) is 73.7 Å². The molecule has 1 N–H and O–H groups in total. The van der Waals surface area contributed by atoms with Crippen molar-refractivity contribution in [3.05, 3.63) is 101 Å². The summed E-state index contributed by atoms with van der Waals surface area (Å²) in [4.78, 5) is 17.7. The van der Waals surface area contributed by atoms with E-state index in [0.29, 0.717) is 66.4 Å². The Hall–Kier alpha value is -3.65. The Bertz CT molecular complexity index is 1770. The van der Waals surface area contributed by atoms with Crippen LogP contribution in [0.4, 0.5) is 11.4 Å². The molecular formula is C32H33Cl2N5O6S. The van der Waals surface area contributed by atoms with Gasteiger partial charge in [0.15, 0.2) is 0 Å². The second-order valence-corrected chi connectivity index (χ2v) is 13.8. The van der Waals surface area contributed by atoms with Gasteiger partial charge in [-0.1, -0.05) is 29.3 Å². The van der Waals surface area contributed by atoms with E-state index in [1.807, 2.05) is 41.1 Å². The lowest BCUT2D eigenvalue weighted by Gasteiger charge is -2.35. The summed E-state index contributed by atoms with van der Waals surface area (Å²) in [6.45, 7) is 4.11. The van der Waals surface area contributed by atoms with Gasteiger partial charge < -0.3 is 29.0 Å². The highest BCUT2D eigenvalue weighted by molar-refractivity contribution is 7.89. The molecule has 2 atom stereocenters. The normalized spacial score (nSPS) is 20.5. The maximum absolute atomic E-state index is 13.2. The summed E-state index contributed by atoms with van der Waals surface area (Å²) in [6, 6.07) is 19.1. The number of nitrogens with zero attached hydrogens (tertiary/aromatic N) is 4. The number of benzene rings is 3. The molecule has 14 heteroatoms. The number of halogens is 2. The van der Waals surface area contributed by atoms with Crippen LogP contribution in [-0.2, 0) is 36.6 Å². The minimum Gasteiger partial charge on any atom is -0.491 e. The Labute approximate surface area is 277 Å².